The fourth-order valence-corrected chi connectivity index (χ4v) is 3.65. The monoisotopic (exact) mass is 382 g/mol. The molecule has 0 fully saturated rings. The van der Waals surface area contributed by atoms with E-state index in [0.717, 1.165) is 23.1 Å². The molecule has 1 aliphatic rings. The van der Waals surface area contributed by atoms with E-state index in [-0.39, 0.29) is 0 Å². The lowest BCUT2D eigenvalue weighted by atomic mass is 10.0. The molecule has 4 heteroatoms. The van der Waals surface area contributed by atoms with Crippen LogP contribution in [0.1, 0.15) is 21.5 Å². The number of carbonyl (C=O) groups is 1. The standard InChI is InChI=1S/C20H15BrO3/c1-23-20(22)17-11-15(21)7-8-18(17)24-16-9-13-4-2-3-12-5-6-14(10-16)19(12)13/h2-4,7-11H,5-6H2,1H3. The Labute approximate surface area is 148 Å². The molecule has 0 heterocycles. The zero-order valence-electron chi connectivity index (χ0n) is 13.1. The Kier molecular flexibility index (Phi) is 3.77. The van der Waals surface area contributed by atoms with Crippen molar-refractivity contribution < 1.29 is 14.3 Å². The lowest BCUT2D eigenvalue weighted by Gasteiger charge is -2.12. The van der Waals surface area contributed by atoms with Crippen molar-refractivity contribution in [2.75, 3.05) is 7.11 Å². The summed E-state index contributed by atoms with van der Waals surface area (Å²) in [7, 11) is 1.37. The van der Waals surface area contributed by atoms with E-state index in [2.05, 4.69) is 40.2 Å². The van der Waals surface area contributed by atoms with Gasteiger partial charge in [0.1, 0.15) is 17.1 Å². The van der Waals surface area contributed by atoms with Crippen LogP contribution in [0.5, 0.6) is 11.5 Å². The van der Waals surface area contributed by atoms with Crippen molar-refractivity contribution in [2.24, 2.45) is 0 Å². The topological polar surface area (TPSA) is 35.5 Å². The molecule has 3 aromatic rings. The van der Waals surface area contributed by atoms with Crippen LogP contribution in [-0.4, -0.2) is 13.1 Å². The molecular weight excluding hydrogens is 368 g/mol. The summed E-state index contributed by atoms with van der Waals surface area (Å²) in [5.41, 5.74) is 3.10. The molecule has 0 atom stereocenters. The number of rotatable bonds is 3. The van der Waals surface area contributed by atoms with Crippen LogP contribution < -0.4 is 4.74 Å². The third-order valence-electron chi connectivity index (χ3n) is 4.36. The summed E-state index contributed by atoms with van der Waals surface area (Å²) in [6.45, 7) is 0. The first-order chi connectivity index (χ1) is 11.7. The number of ether oxygens (including phenoxy) is 2. The first-order valence-electron chi connectivity index (χ1n) is 7.76. The normalized spacial score (nSPS) is 12.4. The Bertz CT molecular complexity index is 963. The van der Waals surface area contributed by atoms with E-state index in [0.29, 0.717) is 11.3 Å². The smallest absolute Gasteiger partial charge is 0.341 e. The van der Waals surface area contributed by atoms with Crippen LogP contribution in [0.25, 0.3) is 10.8 Å². The summed E-state index contributed by atoms with van der Waals surface area (Å²) in [6, 6.07) is 15.8. The molecule has 1 aliphatic carbocycles. The number of esters is 1. The van der Waals surface area contributed by atoms with Gasteiger partial charge in [0.25, 0.3) is 0 Å². The molecule has 0 N–H and O–H groups in total. The van der Waals surface area contributed by atoms with Crippen LogP contribution in [0.2, 0.25) is 0 Å². The molecule has 0 spiro atoms. The van der Waals surface area contributed by atoms with E-state index < -0.39 is 5.97 Å². The Morgan fingerprint density at radius 1 is 1.04 bits per heavy atom. The van der Waals surface area contributed by atoms with E-state index in [9.17, 15) is 4.79 Å². The summed E-state index contributed by atoms with van der Waals surface area (Å²) in [5.74, 6) is 0.814. The number of hydrogen-bond donors (Lipinski definition) is 0. The largest absolute Gasteiger partial charge is 0.465 e. The van der Waals surface area contributed by atoms with E-state index >= 15 is 0 Å². The van der Waals surface area contributed by atoms with Crippen LogP contribution >= 0.6 is 15.9 Å². The van der Waals surface area contributed by atoms with Gasteiger partial charge in [-0.05, 0) is 65.1 Å². The van der Waals surface area contributed by atoms with E-state index in [1.807, 2.05) is 12.1 Å². The Morgan fingerprint density at radius 2 is 1.88 bits per heavy atom. The first kappa shape index (κ1) is 15.2. The average molecular weight is 383 g/mol. The minimum atomic E-state index is -0.418. The van der Waals surface area contributed by atoms with Gasteiger partial charge in [-0.25, -0.2) is 4.79 Å². The van der Waals surface area contributed by atoms with Crippen LogP contribution in [0.15, 0.2) is 53.0 Å². The summed E-state index contributed by atoms with van der Waals surface area (Å²) < 4.78 is 11.7. The molecule has 0 saturated heterocycles. The maximum absolute atomic E-state index is 12.0. The van der Waals surface area contributed by atoms with Crippen molar-refractivity contribution in [3.63, 3.8) is 0 Å². The highest BCUT2D eigenvalue weighted by molar-refractivity contribution is 9.10. The highest BCUT2D eigenvalue weighted by Crippen LogP contribution is 2.36. The fourth-order valence-electron chi connectivity index (χ4n) is 3.29. The number of hydrogen-bond acceptors (Lipinski definition) is 3. The molecule has 0 amide bonds. The predicted octanol–water partition coefficient (Wildman–Crippen LogP) is 5.28. The summed E-state index contributed by atoms with van der Waals surface area (Å²) in [6.07, 6.45) is 2.10. The number of aryl methyl sites for hydroxylation is 2. The predicted molar refractivity (Wildman–Crippen MR) is 96.9 cm³/mol. The van der Waals surface area contributed by atoms with E-state index in [1.54, 1.807) is 12.1 Å². The molecule has 0 unspecified atom stereocenters. The number of methoxy groups -OCH3 is 1. The van der Waals surface area contributed by atoms with Gasteiger partial charge < -0.3 is 9.47 Å². The van der Waals surface area contributed by atoms with Gasteiger partial charge in [-0.3, -0.25) is 0 Å². The molecule has 0 radical (unpaired) electrons. The van der Waals surface area contributed by atoms with Crippen molar-refractivity contribution in [3.05, 3.63) is 69.7 Å². The average Bonchev–Trinajstić information content (AvgIpc) is 3.00. The lowest BCUT2D eigenvalue weighted by Crippen LogP contribution is -2.03. The molecule has 4 rings (SSSR count). The van der Waals surface area contributed by atoms with E-state index in [4.69, 9.17) is 9.47 Å². The quantitative estimate of drug-likeness (QED) is 0.578. The molecular formula is C20H15BrO3. The highest BCUT2D eigenvalue weighted by atomic mass is 79.9. The molecule has 0 aromatic heterocycles. The van der Waals surface area contributed by atoms with Crippen molar-refractivity contribution in [1.82, 2.24) is 0 Å². The SMILES string of the molecule is COC(=O)c1cc(Br)ccc1Oc1cc2c3c(cccc3c1)CC2. The minimum absolute atomic E-state index is 0.400. The number of benzene rings is 3. The molecule has 24 heavy (non-hydrogen) atoms. The maximum Gasteiger partial charge on any atom is 0.341 e. The molecule has 0 bridgehead atoms. The second-order valence-electron chi connectivity index (χ2n) is 5.83. The van der Waals surface area contributed by atoms with Gasteiger partial charge in [0.05, 0.1) is 7.11 Å². The van der Waals surface area contributed by atoms with Gasteiger partial charge in [0, 0.05) is 4.47 Å². The Morgan fingerprint density at radius 3 is 2.71 bits per heavy atom. The van der Waals surface area contributed by atoms with Crippen LogP contribution in [0, 0.1) is 0 Å². The Balaban J connectivity index is 1.78. The van der Waals surface area contributed by atoms with Crippen molar-refractivity contribution in [1.29, 1.82) is 0 Å². The van der Waals surface area contributed by atoms with Crippen LogP contribution in [0.4, 0.5) is 0 Å². The van der Waals surface area contributed by atoms with Crippen molar-refractivity contribution >= 4 is 32.7 Å². The van der Waals surface area contributed by atoms with Crippen LogP contribution in [0.3, 0.4) is 0 Å². The van der Waals surface area contributed by atoms with Gasteiger partial charge in [-0.1, -0.05) is 34.1 Å². The van der Waals surface area contributed by atoms with E-state index in [1.165, 1.54) is 29.0 Å². The second-order valence-corrected chi connectivity index (χ2v) is 6.75. The van der Waals surface area contributed by atoms with Gasteiger partial charge in [-0.2, -0.15) is 0 Å². The first-order valence-corrected chi connectivity index (χ1v) is 8.55. The molecule has 120 valence electrons. The van der Waals surface area contributed by atoms with Crippen LogP contribution in [-0.2, 0) is 17.6 Å². The zero-order chi connectivity index (χ0) is 16.7. The zero-order valence-corrected chi connectivity index (χ0v) is 14.7. The Hall–Kier alpha value is -2.33. The summed E-state index contributed by atoms with van der Waals surface area (Å²) in [5, 5.41) is 2.52. The van der Waals surface area contributed by atoms with Crippen molar-refractivity contribution in [3.8, 4) is 11.5 Å². The number of carbonyl (C=O) groups excluding carboxylic acids is 1. The van der Waals surface area contributed by atoms with Gasteiger partial charge in [0.2, 0.25) is 0 Å². The van der Waals surface area contributed by atoms with Gasteiger partial charge in [0.15, 0.2) is 0 Å². The molecule has 0 saturated carbocycles. The second kappa shape index (κ2) is 5.95. The number of halogens is 1. The third-order valence-corrected chi connectivity index (χ3v) is 4.85. The maximum atomic E-state index is 12.0. The third kappa shape index (κ3) is 2.57. The van der Waals surface area contributed by atoms with Gasteiger partial charge >= 0.3 is 5.97 Å². The van der Waals surface area contributed by atoms with Crippen molar-refractivity contribution in [2.45, 2.75) is 12.8 Å². The van der Waals surface area contributed by atoms with Gasteiger partial charge in [-0.15, -0.1) is 0 Å². The fraction of sp³-hybridized carbons (Fsp3) is 0.150. The summed E-state index contributed by atoms with van der Waals surface area (Å²) >= 11 is 3.38. The molecule has 3 nitrogen and oxygen atoms in total. The highest BCUT2D eigenvalue weighted by Gasteiger charge is 2.18. The molecule has 3 aromatic carbocycles. The lowest BCUT2D eigenvalue weighted by molar-refractivity contribution is 0.0598. The minimum Gasteiger partial charge on any atom is -0.465 e. The molecule has 0 aliphatic heterocycles. The summed E-state index contributed by atoms with van der Waals surface area (Å²) in [4.78, 5) is 12.0.